The van der Waals surface area contributed by atoms with Gasteiger partial charge in [0.05, 0.1) is 12.7 Å². The molecule has 0 amide bonds. The quantitative estimate of drug-likeness (QED) is 0.825. The van der Waals surface area contributed by atoms with Crippen molar-refractivity contribution in [1.29, 1.82) is 0 Å². The Morgan fingerprint density at radius 3 is 2.68 bits per heavy atom. The van der Waals surface area contributed by atoms with Crippen molar-refractivity contribution < 1.29 is 9.53 Å². The van der Waals surface area contributed by atoms with Crippen molar-refractivity contribution in [3.8, 4) is 0 Å². The summed E-state index contributed by atoms with van der Waals surface area (Å²) in [6, 6.07) is 10.3. The third kappa shape index (κ3) is 2.89. The molecule has 0 spiro atoms. The summed E-state index contributed by atoms with van der Waals surface area (Å²) in [6.45, 7) is 0.683. The van der Waals surface area contributed by atoms with E-state index in [-0.39, 0.29) is 0 Å². The lowest BCUT2D eigenvalue weighted by Crippen LogP contribution is -2.41. The molecule has 2 nitrogen and oxygen atoms in total. The SMILES string of the molecule is O=C1CC[C@@H](OCc2ccccc2)[C@H]2CCCC[C@H]12. The number of fused-ring (bicyclic) bond motifs is 1. The topological polar surface area (TPSA) is 26.3 Å². The van der Waals surface area contributed by atoms with Crippen LogP contribution in [0.25, 0.3) is 0 Å². The molecule has 2 saturated carbocycles. The molecular weight excluding hydrogens is 236 g/mol. The van der Waals surface area contributed by atoms with Crippen LogP contribution < -0.4 is 0 Å². The second-order valence-electron chi connectivity index (χ2n) is 5.89. The molecule has 0 unspecified atom stereocenters. The van der Waals surface area contributed by atoms with E-state index < -0.39 is 0 Å². The Bertz CT molecular complexity index is 426. The second kappa shape index (κ2) is 5.87. The number of rotatable bonds is 3. The molecule has 0 aliphatic heterocycles. The number of ketones is 1. The van der Waals surface area contributed by atoms with E-state index in [0.29, 0.717) is 30.3 Å². The fraction of sp³-hybridized carbons (Fsp3) is 0.588. The molecule has 1 aromatic carbocycles. The first-order valence-electron chi connectivity index (χ1n) is 7.53. The van der Waals surface area contributed by atoms with Gasteiger partial charge in [-0.15, -0.1) is 0 Å². The highest BCUT2D eigenvalue weighted by Gasteiger charge is 2.40. The van der Waals surface area contributed by atoms with Gasteiger partial charge in [-0.1, -0.05) is 43.2 Å². The van der Waals surface area contributed by atoms with E-state index in [9.17, 15) is 4.79 Å². The number of carbonyl (C=O) groups excluding carboxylic acids is 1. The molecule has 102 valence electrons. The van der Waals surface area contributed by atoms with Crippen molar-refractivity contribution in [3.05, 3.63) is 35.9 Å². The van der Waals surface area contributed by atoms with E-state index in [1.807, 2.05) is 18.2 Å². The van der Waals surface area contributed by atoms with E-state index in [1.54, 1.807) is 0 Å². The van der Waals surface area contributed by atoms with Crippen LogP contribution in [0, 0.1) is 11.8 Å². The van der Waals surface area contributed by atoms with Gasteiger partial charge in [0.15, 0.2) is 0 Å². The van der Waals surface area contributed by atoms with Gasteiger partial charge < -0.3 is 4.74 Å². The van der Waals surface area contributed by atoms with Crippen LogP contribution in [0.1, 0.15) is 44.1 Å². The van der Waals surface area contributed by atoms with E-state index in [0.717, 1.165) is 19.3 Å². The van der Waals surface area contributed by atoms with Gasteiger partial charge in [0.1, 0.15) is 5.78 Å². The molecule has 3 rings (SSSR count). The van der Waals surface area contributed by atoms with E-state index in [4.69, 9.17) is 4.74 Å². The van der Waals surface area contributed by atoms with Crippen LogP contribution in [0.5, 0.6) is 0 Å². The third-order valence-electron chi connectivity index (χ3n) is 4.69. The zero-order valence-corrected chi connectivity index (χ0v) is 11.4. The maximum absolute atomic E-state index is 12.0. The zero-order valence-electron chi connectivity index (χ0n) is 11.4. The number of carbonyl (C=O) groups is 1. The van der Waals surface area contributed by atoms with Crippen molar-refractivity contribution in [1.82, 2.24) is 0 Å². The van der Waals surface area contributed by atoms with Crippen LogP contribution >= 0.6 is 0 Å². The fourth-order valence-corrected chi connectivity index (χ4v) is 3.67. The Morgan fingerprint density at radius 2 is 1.84 bits per heavy atom. The number of benzene rings is 1. The Hall–Kier alpha value is -1.15. The number of hydrogen-bond acceptors (Lipinski definition) is 2. The summed E-state index contributed by atoms with van der Waals surface area (Å²) >= 11 is 0. The summed E-state index contributed by atoms with van der Waals surface area (Å²) in [5.74, 6) is 1.27. The van der Waals surface area contributed by atoms with Crippen molar-refractivity contribution in [2.24, 2.45) is 11.8 Å². The van der Waals surface area contributed by atoms with Gasteiger partial charge in [0.2, 0.25) is 0 Å². The lowest BCUT2D eigenvalue weighted by molar-refractivity contribution is -0.136. The van der Waals surface area contributed by atoms with E-state index >= 15 is 0 Å². The predicted octanol–water partition coefficient (Wildman–Crippen LogP) is 3.74. The van der Waals surface area contributed by atoms with Crippen LogP contribution in [-0.2, 0) is 16.1 Å². The molecule has 2 heteroatoms. The molecule has 3 atom stereocenters. The first kappa shape index (κ1) is 12.9. The molecule has 19 heavy (non-hydrogen) atoms. The first-order valence-corrected chi connectivity index (χ1v) is 7.53. The highest BCUT2D eigenvalue weighted by molar-refractivity contribution is 5.82. The number of Topliss-reactive ketones (excluding diaryl/α,β-unsaturated/α-hetero) is 1. The van der Waals surface area contributed by atoms with Crippen LogP contribution in [0.3, 0.4) is 0 Å². The summed E-state index contributed by atoms with van der Waals surface area (Å²) in [5.41, 5.74) is 1.23. The minimum atomic E-state index is 0.295. The van der Waals surface area contributed by atoms with Gasteiger partial charge in [-0.25, -0.2) is 0 Å². The van der Waals surface area contributed by atoms with Crippen molar-refractivity contribution >= 4 is 5.78 Å². The zero-order chi connectivity index (χ0) is 13.1. The highest BCUT2D eigenvalue weighted by atomic mass is 16.5. The van der Waals surface area contributed by atoms with Crippen molar-refractivity contribution in [2.75, 3.05) is 0 Å². The predicted molar refractivity (Wildman–Crippen MR) is 74.7 cm³/mol. The molecule has 0 N–H and O–H groups in total. The van der Waals surface area contributed by atoms with E-state index in [1.165, 1.54) is 24.8 Å². The first-order chi connectivity index (χ1) is 9.34. The summed E-state index contributed by atoms with van der Waals surface area (Å²) in [6.07, 6.45) is 6.69. The van der Waals surface area contributed by atoms with E-state index in [2.05, 4.69) is 12.1 Å². The summed E-state index contributed by atoms with van der Waals surface area (Å²) < 4.78 is 6.13. The average Bonchev–Trinajstić information content (AvgIpc) is 2.48. The van der Waals surface area contributed by atoms with Crippen LogP contribution in [0.15, 0.2) is 30.3 Å². The summed E-state index contributed by atoms with van der Waals surface area (Å²) in [7, 11) is 0. The average molecular weight is 258 g/mol. The lowest BCUT2D eigenvalue weighted by Gasteiger charge is -2.40. The second-order valence-corrected chi connectivity index (χ2v) is 5.89. The summed E-state index contributed by atoms with van der Waals surface area (Å²) in [4.78, 5) is 12.0. The normalized spacial score (nSPS) is 30.9. The maximum Gasteiger partial charge on any atom is 0.136 e. The Labute approximate surface area is 115 Å². The van der Waals surface area contributed by atoms with Gasteiger partial charge >= 0.3 is 0 Å². The molecule has 0 saturated heterocycles. The molecule has 2 fully saturated rings. The Balaban J connectivity index is 1.62. The molecule has 0 bridgehead atoms. The van der Waals surface area contributed by atoms with Gasteiger partial charge in [0, 0.05) is 12.3 Å². The fourth-order valence-electron chi connectivity index (χ4n) is 3.67. The maximum atomic E-state index is 12.0. The largest absolute Gasteiger partial charge is 0.373 e. The lowest BCUT2D eigenvalue weighted by atomic mass is 9.69. The monoisotopic (exact) mass is 258 g/mol. The van der Waals surface area contributed by atoms with Gasteiger partial charge in [0.25, 0.3) is 0 Å². The molecular formula is C17H22O2. The number of hydrogen-bond donors (Lipinski definition) is 0. The van der Waals surface area contributed by atoms with Crippen LogP contribution in [-0.4, -0.2) is 11.9 Å². The van der Waals surface area contributed by atoms with Crippen molar-refractivity contribution in [2.45, 2.75) is 51.2 Å². The standard InChI is InChI=1S/C17H22O2/c18-16-10-11-17(15-9-5-4-8-14(15)16)19-12-13-6-2-1-3-7-13/h1-3,6-7,14-15,17H,4-5,8-12H2/t14-,15-,17+/m0/s1. The molecule has 0 heterocycles. The summed E-state index contributed by atoms with van der Waals surface area (Å²) in [5, 5.41) is 0. The minimum absolute atomic E-state index is 0.295. The van der Waals surface area contributed by atoms with Crippen LogP contribution in [0.2, 0.25) is 0 Å². The van der Waals surface area contributed by atoms with Gasteiger partial charge in [-0.05, 0) is 30.7 Å². The Morgan fingerprint density at radius 1 is 1.05 bits per heavy atom. The molecule has 0 radical (unpaired) electrons. The minimum Gasteiger partial charge on any atom is -0.373 e. The Kier molecular flexibility index (Phi) is 3.97. The smallest absolute Gasteiger partial charge is 0.136 e. The highest BCUT2D eigenvalue weighted by Crippen LogP contribution is 2.40. The molecule has 2 aliphatic carbocycles. The van der Waals surface area contributed by atoms with Crippen molar-refractivity contribution in [3.63, 3.8) is 0 Å². The number of ether oxygens (including phenoxy) is 1. The van der Waals surface area contributed by atoms with Crippen LogP contribution in [0.4, 0.5) is 0 Å². The molecule has 0 aromatic heterocycles. The molecule has 2 aliphatic rings. The van der Waals surface area contributed by atoms with Gasteiger partial charge in [-0.2, -0.15) is 0 Å². The van der Waals surface area contributed by atoms with Gasteiger partial charge in [-0.3, -0.25) is 4.79 Å². The third-order valence-corrected chi connectivity index (χ3v) is 4.69. The molecule has 1 aromatic rings.